The fourth-order valence-electron chi connectivity index (χ4n) is 14.0. The molecule has 2 aromatic carbocycles. The van der Waals surface area contributed by atoms with Crippen molar-refractivity contribution in [3.05, 3.63) is 124 Å². The zero-order valence-corrected chi connectivity index (χ0v) is 58.2. The predicted molar refractivity (Wildman–Crippen MR) is 363 cm³/mol. The molecule has 0 bridgehead atoms. The van der Waals surface area contributed by atoms with Crippen molar-refractivity contribution in [3.8, 4) is 0 Å². The molecular weight excluding hydrogens is 1460 g/mol. The van der Waals surface area contributed by atoms with Crippen LogP contribution in [-0.4, -0.2) is 332 Å². The zero-order chi connectivity index (χ0) is 78.9. The number of hydrogen-bond acceptors (Lipinski definition) is 37. The van der Waals surface area contributed by atoms with E-state index in [1.54, 1.807) is 36.4 Å². The van der Waals surface area contributed by atoms with Gasteiger partial charge in [-0.25, -0.2) is 4.79 Å². The number of aliphatic hydroxyl groups is 12. The number of ether oxygens (including phenoxy) is 13. The molecule has 10 rings (SSSR count). The highest BCUT2D eigenvalue weighted by Crippen LogP contribution is 2.40. The number of carbonyl (C=O) groups excluding carboxylic acids is 1. The van der Waals surface area contributed by atoms with E-state index in [1.807, 2.05) is 24.3 Å². The molecule has 0 unspecified atom stereocenters. The summed E-state index contributed by atoms with van der Waals surface area (Å²) in [6, 6.07) is 7.51. The van der Waals surface area contributed by atoms with E-state index in [-0.39, 0.29) is 51.7 Å². The topological polar surface area (TPSA) is 783 Å². The van der Waals surface area contributed by atoms with E-state index >= 15 is 0 Å². The van der Waals surface area contributed by atoms with Gasteiger partial charge in [0.1, 0.15) is 104 Å². The molecule has 6 aliphatic heterocycles. The maximum absolute atomic E-state index is 13.6. The molecule has 48 heteroatoms. The van der Waals surface area contributed by atoms with Crippen molar-refractivity contribution in [2.75, 3.05) is 39.4 Å². The molecule has 604 valence electrons. The van der Waals surface area contributed by atoms with Crippen LogP contribution in [0.15, 0.2) is 86.2 Å². The number of nitrogens with zero attached hydrogens (tertiary/aromatic N) is 16. The number of nitrogens with two attached hydrogens (primary N) is 6. The van der Waals surface area contributed by atoms with Crippen LogP contribution in [0.4, 0.5) is 4.79 Å². The van der Waals surface area contributed by atoms with Gasteiger partial charge < -0.3 is 162 Å². The fourth-order valence-corrected chi connectivity index (χ4v) is 14.0. The van der Waals surface area contributed by atoms with Gasteiger partial charge >= 0.3 is 6.09 Å². The molecular formula is C61H94N22O26. The molecule has 0 spiro atoms. The van der Waals surface area contributed by atoms with Gasteiger partial charge in [0.2, 0.25) is 0 Å². The fraction of sp³-hybridized carbons (Fsp3) is 0.787. The van der Waals surface area contributed by atoms with E-state index in [4.69, 9.17) is 102 Å². The lowest BCUT2D eigenvalue weighted by molar-refractivity contribution is -0.296. The van der Waals surface area contributed by atoms with E-state index in [0.29, 0.717) is 12.8 Å². The summed E-state index contributed by atoms with van der Waals surface area (Å²) in [5, 5.41) is 147. The van der Waals surface area contributed by atoms with Gasteiger partial charge in [0.15, 0.2) is 37.7 Å². The second-order valence-corrected chi connectivity index (χ2v) is 27.0. The lowest BCUT2D eigenvalue weighted by Gasteiger charge is -2.47. The minimum absolute atomic E-state index is 0.0326. The number of benzene rings is 2. The molecule has 0 radical (unpaired) electrons. The minimum Gasteiger partial charge on any atom is -0.445 e. The lowest BCUT2D eigenvalue weighted by Crippen LogP contribution is -2.71. The molecule has 6 saturated heterocycles. The van der Waals surface area contributed by atoms with Crippen molar-refractivity contribution in [1.82, 2.24) is 4.90 Å². The largest absolute Gasteiger partial charge is 0.445 e. The van der Waals surface area contributed by atoms with Crippen molar-refractivity contribution in [2.24, 2.45) is 60.0 Å². The van der Waals surface area contributed by atoms with E-state index < -0.39 is 240 Å². The molecule has 8 aliphatic rings. The molecule has 24 N–H and O–H groups in total. The van der Waals surface area contributed by atoms with Crippen LogP contribution in [0.5, 0.6) is 0 Å². The Bertz CT molecular complexity index is 3450. The van der Waals surface area contributed by atoms with Crippen LogP contribution >= 0.6 is 0 Å². The number of rotatable bonds is 28. The second kappa shape index (κ2) is 40.5. The summed E-state index contributed by atoms with van der Waals surface area (Å²) in [5.74, 6) is 0. The van der Waals surface area contributed by atoms with Gasteiger partial charge in [-0.2, -0.15) is 0 Å². The Hall–Kier alpha value is -6.94. The van der Waals surface area contributed by atoms with Gasteiger partial charge in [0, 0.05) is 44.2 Å². The predicted octanol–water partition coefficient (Wildman–Crippen LogP) is -5.09. The SMILES string of the molecule is NC[C@@H]1CC[C@@H](N)[C@@H](O[C@@H]2[C@@H](N)[C@H](O)[C@@H](N)[C@H](O)[C@H]2O[C@@H]2O[C@H](CO)[C@@H](O[C@H]3O[C@@H](CN)[C@@H](O)[C@H](O)[C@H]3N)[C@H]2O)O1.[N-]=[N+]=NC[C@@H]1O[C@H](O[C@H]2[C@@H](O)[C@H](O[C@@H]3[C@@H](O)[C@H](N=[N+]=[N-])[C@@H](O)[C@H](N=[N+]=[N-])[C@H]3O[C@H]3O[C@H](CN(Cc4ccccc4)C(=O)OCc4ccccc4)CC[C@H]3N=[N+]=[N-])O[C@@H]2CO)[C@H](N=[N+]=[N-])[C@@H](O)[C@@H]1O. The van der Waals surface area contributed by atoms with E-state index in [2.05, 4.69) is 50.1 Å². The second-order valence-electron chi connectivity index (χ2n) is 27.0. The molecule has 0 aromatic heterocycles. The van der Waals surface area contributed by atoms with Gasteiger partial charge in [-0.15, -0.1) is 0 Å². The normalized spacial score (nSPS) is 42.0. The molecule has 2 saturated carbocycles. The molecule has 109 heavy (non-hydrogen) atoms. The summed E-state index contributed by atoms with van der Waals surface area (Å²) in [7, 11) is 0. The molecule has 8 fully saturated rings. The van der Waals surface area contributed by atoms with E-state index in [1.165, 1.54) is 4.90 Å². The molecule has 1 amide bonds. The van der Waals surface area contributed by atoms with Crippen molar-refractivity contribution in [2.45, 2.75) is 259 Å². The molecule has 6 heterocycles. The summed E-state index contributed by atoms with van der Waals surface area (Å²) in [6.45, 7) is -1.98. The Balaban J connectivity index is 0.000000284. The number of hydrogen-bond donors (Lipinski definition) is 18. The van der Waals surface area contributed by atoms with E-state index in [0.717, 1.165) is 11.1 Å². The summed E-state index contributed by atoms with van der Waals surface area (Å²) in [4.78, 5) is 28.7. The molecule has 2 aliphatic carbocycles. The quantitative estimate of drug-likeness (QED) is 0.0215. The van der Waals surface area contributed by atoms with Crippen LogP contribution in [0, 0.1) is 0 Å². The average Bonchev–Trinajstić information content (AvgIpc) is 1.63. The van der Waals surface area contributed by atoms with Crippen LogP contribution < -0.4 is 34.4 Å². The van der Waals surface area contributed by atoms with Crippen LogP contribution in [0.1, 0.15) is 36.8 Å². The van der Waals surface area contributed by atoms with Crippen LogP contribution in [0.25, 0.3) is 52.2 Å². The number of azide groups is 5. The van der Waals surface area contributed by atoms with Gasteiger partial charge in [0.05, 0.1) is 111 Å². The van der Waals surface area contributed by atoms with E-state index in [9.17, 15) is 88.2 Å². The highest BCUT2D eigenvalue weighted by Gasteiger charge is 2.59. The van der Waals surface area contributed by atoms with Crippen LogP contribution in [-0.2, 0) is 74.7 Å². The highest BCUT2D eigenvalue weighted by atomic mass is 16.8. The summed E-state index contributed by atoms with van der Waals surface area (Å²) >= 11 is 0. The third kappa shape index (κ3) is 20.5. The summed E-state index contributed by atoms with van der Waals surface area (Å²) < 4.78 is 76.7. The molecule has 36 atom stereocenters. The maximum atomic E-state index is 13.6. The zero-order valence-electron chi connectivity index (χ0n) is 58.2. The van der Waals surface area contributed by atoms with Crippen molar-refractivity contribution >= 4 is 6.09 Å². The van der Waals surface area contributed by atoms with Gasteiger partial charge in [-0.1, -0.05) is 86.2 Å². The molecule has 2 aromatic rings. The standard InChI is InChI=1S/C38H48N16O14.C23H46N6O12/c39-49-44-13-22-27(56)29(58)26(48-53-43)36(64-22)66-32-23(16-55)65-37(31(32)60)68-34-30(59)24(46-51-41)28(57)25(47-52-42)33(34)67-35-21(45-50-40)12-11-20(63-35)15-54(14-18-7-3-1-4-8-18)38(61)62-17-19-9-5-2-6-10-19;24-3-6-1-2-7(26)21(36-6)40-19-11(28)14(32)10(27)16(34)20(19)41-23-17(35)18(9(5-30)38-23)39-22-12(29)15(33)13(31)8(4-25)37-22/h1-10,20-37,55-60H,11-17H2;6-23,30-35H,1-5,24-29H2/t20-,21+,22-,23+,24+,25-,26+,27+,28+,29+,30-,31+,32+,33+,34+,35+,36+,37-;6-,7+,8-,9+,10+,11-,12+,13+,14+,15+,16-,17+,18+,19+,20+,21+,22+,23-/m00/s1. The Kier molecular flexibility index (Phi) is 32.0. The third-order valence-corrected chi connectivity index (χ3v) is 20.0. The Morgan fingerprint density at radius 2 is 0.954 bits per heavy atom. The van der Waals surface area contributed by atoms with Gasteiger partial charge in [0.25, 0.3) is 0 Å². The number of aliphatic hydroxyl groups excluding tert-OH is 12. The maximum Gasteiger partial charge on any atom is 0.410 e. The van der Waals surface area contributed by atoms with Crippen molar-refractivity contribution < 1.29 is 128 Å². The highest BCUT2D eigenvalue weighted by molar-refractivity contribution is 5.67. The first-order chi connectivity index (χ1) is 52.4. The summed E-state index contributed by atoms with van der Waals surface area (Å²) in [5.41, 5.74) is 83.9. The smallest absolute Gasteiger partial charge is 0.410 e. The molecule has 48 nitrogen and oxygen atoms in total. The third-order valence-electron chi connectivity index (χ3n) is 20.0. The average molecular weight is 1550 g/mol. The Labute approximate surface area is 619 Å². The lowest BCUT2D eigenvalue weighted by atomic mass is 9.81. The Morgan fingerprint density at radius 1 is 0.440 bits per heavy atom. The monoisotopic (exact) mass is 1550 g/mol. The van der Waals surface area contributed by atoms with Crippen LogP contribution in [0.2, 0.25) is 0 Å². The van der Waals surface area contributed by atoms with Crippen LogP contribution in [0.3, 0.4) is 0 Å². The van der Waals surface area contributed by atoms with Gasteiger partial charge in [-0.05, 0) is 64.5 Å². The first kappa shape index (κ1) is 86.1. The summed E-state index contributed by atoms with van der Waals surface area (Å²) in [6.07, 6.45) is -40.6. The Morgan fingerprint density at radius 3 is 1.54 bits per heavy atom. The minimum atomic E-state index is -2.04. The number of carbonyl (C=O) groups is 1. The first-order valence-electron chi connectivity index (χ1n) is 34.9. The van der Waals surface area contributed by atoms with Gasteiger partial charge in [-0.3, -0.25) is 0 Å². The van der Waals surface area contributed by atoms with Crippen molar-refractivity contribution in [3.63, 3.8) is 0 Å². The first-order valence-corrected chi connectivity index (χ1v) is 34.9. The number of amides is 1. The van der Waals surface area contributed by atoms with Crippen molar-refractivity contribution in [1.29, 1.82) is 0 Å².